The number of aliphatic hydroxyl groups is 1. The first-order valence-corrected chi connectivity index (χ1v) is 3.61. The minimum Gasteiger partial charge on any atom is -0.506 e. The van der Waals surface area contributed by atoms with Crippen LogP contribution in [-0.2, 0) is 0 Å². The molecule has 0 saturated carbocycles. The molecule has 0 heterocycles. The first-order valence-electron chi connectivity index (χ1n) is 3.61. The SMILES string of the molecule is C/C(C#N)=C(/O)c1ccccc1. The number of benzene rings is 1. The van der Waals surface area contributed by atoms with E-state index >= 15 is 0 Å². The zero-order valence-electron chi connectivity index (χ0n) is 6.78. The van der Waals surface area contributed by atoms with Crippen LogP contribution in [0.2, 0.25) is 0 Å². The summed E-state index contributed by atoms with van der Waals surface area (Å²) in [7, 11) is 0. The van der Waals surface area contributed by atoms with Crippen molar-refractivity contribution in [3.05, 3.63) is 41.5 Å². The van der Waals surface area contributed by atoms with Crippen LogP contribution in [0.5, 0.6) is 0 Å². The van der Waals surface area contributed by atoms with E-state index in [0.717, 1.165) is 0 Å². The fraction of sp³-hybridized carbons (Fsp3) is 0.100. The van der Waals surface area contributed by atoms with Crippen molar-refractivity contribution in [3.8, 4) is 6.07 Å². The van der Waals surface area contributed by atoms with Crippen LogP contribution >= 0.6 is 0 Å². The van der Waals surface area contributed by atoms with E-state index in [1.165, 1.54) is 0 Å². The van der Waals surface area contributed by atoms with E-state index in [2.05, 4.69) is 0 Å². The molecule has 0 aliphatic heterocycles. The Kier molecular flexibility index (Phi) is 2.49. The molecular formula is C10H9NO. The smallest absolute Gasteiger partial charge is 0.136 e. The summed E-state index contributed by atoms with van der Waals surface area (Å²) in [6, 6.07) is 10.9. The van der Waals surface area contributed by atoms with Gasteiger partial charge in [0.15, 0.2) is 0 Å². The highest BCUT2D eigenvalue weighted by atomic mass is 16.3. The standard InChI is InChI=1S/C10H9NO/c1-8(7-11)10(12)9-5-3-2-4-6-9/h2-6,12H,1H3/b10-8-. The maximum atomic E-state index is 9.45. The summed E-state index contributed by atoms with van der Waals surface area (Å²) in [5, 5.41) is 17.9. The van der Waals surface area contributed by atoms with Gasteiger partial charge in [0.1, 0.15) is 5.76 Å². The van der Waals surface area contributed by atoms with Crippen LogP contribution in [-0.4, -0.2) is 5.11 Å². The molecule has 0 amide bonds. The number of rotatable bonds is 1. The van der Waals surface area contributed by atoms with Gasteiger partial charge in [-0.2, -0.15) is 5.26 Å². The molecule has 1 N–H and O–H groups in total. The predicted molar refractivity (Wildman–Crippen MR) is 47.3 cm³/mol. The molecule has 0 fully saturated rings. The first-order chi connectivity index (χ1) is 5.75. The van der Waals surface area contributed by atoms with E-state index < -0.39 is 0 Å². The molecular weight excluding hydrogens is 150 g/mol. The van der Waals surface area contributed by atoms with Crippen molar-refractivity contribution in [1.82, 2.24) is 0 Å². The van der Waals surface area contributed by atoms with Crippen LogP contribution in [0.3, 0.4) is 0 Å². The van der Waals surface area contributed by atoms with Crippen molar-refractivity contribution >= 4 is 5.76 Å². The van der Waals surface area contributed by atoms with Gasteiger partial charge in [-0.05, 0) is 6.92 Å². The maximum Gasteiger partial charge on any atom is 0.136 e. The number of aliphatic hydroxyl groups excluding tert-OH is 1. The minimum atomic E-state index is 0.0538. The summed E-state index contributed by atoms with van der Waals surface area (Å²) in [6.07, 6.45) is 0. The third-order valence-corrected chi connectivity index (χ3v) is 1.57. The summed E-state index contributed by atoms with van der Waals surface area (Å²) < 4.78 is 0. The second-order valence-corrected chi connectivity index (χ2v) is 2.45. The van der Waals surface area contributed by atoms with Crippen LogP contribution in [0.1, 0.15) is 12.5 Å². The Hall–Kier alpha value is -1.75. The average molecular weight is 159 g/mol. The lowest BCUT2D eigenvalue weighted by molar-refractivity contribution is 0.508. The van der Waals surface area contributed by atoms with E-state index in [0.29, 0.717) is 11.1 Å². The molecule has 0 aliphatic rings. The van der Waals surface area contributed by atoms with Gasteiger partial charge in [0.25, 0.3) is 0 Å². The largest absolute Gasteiger partial charge is 0.506 e. The van der Waals surface area contributed by atoms with Crippen LogP contribution < -0.4 is 0 Å². The number of hydrogen-bond donors (Lipinski definition) is 1. The number of allylic oxidation sites excluding steroid dienone is 1. The van der Waals surface area contributed by atoms with Crippen LogP contribution in [0, 0.1) is 11.3 Å². The van der Waals surface area contributed by atoms with Gasteiger partial charge in [0, 0.05) is 5.56 Å². The molecule has 0 aromatic heterocycles. The molecule has 0 atom stereocenters. The molecule has 0 spiro atoms. The highest BCUT2D eigenvalue weighted by molar-refractivity contribution is 5.64. The quantitative estimate of drug-likeness (QED) is 0.505. The molecule has 1 rings (SSSR count). The molecule has 1 aromatic carbocycles. The van der Waals surface area contributed by atoms with Crippen LogP contribution in [0.15, 0.2) is 35.9 Å². The molecule has 0 aliphatic carbocycles. The van der Waals surface area contributed by atoms with E-state index in [-0.39, 0.29) is 5.76 Å². The van der Waals surface area contributed by atoms with E-state index in [1.807, 2.05) is 24.3 Å². The van der Waals surface area contributed by atoms with Crippen molar-refractivity contribution in [3.63, 3.8) is 0 Å². The second kappa shape index (κ2) is 3.59. The molecule has 0 bridgehead atoms. The third kappa shape index (κ3) is 1.64. The molecule has 1 aromatic rings. The zero-order valence-corrected chi connectivity index (χ0v) is 6.78. The monoisotopic (exact) mass is 159 g/mol. The Bertz CT molecular complexity index is 333. The molecule has 60 valence electrons. The lowest BCUT2D eigenvalue weighted by Gasteiger charge is -1.99. The Morgan fingerprint density at radius 3 is 2.42 bits per heavy atom. The topological polar surface area (TPSA) is 44.0 Å². The fourth-order valence-corrected chi connectivity index (χ4v) is 0.865. The Morgan fingerprint density at radius 2 is 1.92 bits per heavy atom. The van der Waals surface area contributed by atoms with Crippen molar-refractivity contribution in [2.24, 2.45) is 0 Å². The summed E-state index contributed by atoms with van der Waals surface area (Å²) in [6.45, 7) is 1.59. The van der Waals surface area contributed by atoms with Gasteiger partial charge in [-0.3, -0.25) is 0 Å². The maximum absolute atomic E-state index is 9.45. The predicted octanol–water partition coefficient (Wildman–Crippen LogP) is 2.50. The molecule has 2 nitrogen and oxygen atoms in total. The molecule has 12 heavy (non-hydrogen) atoms. The van der Waals surface area contributed by atoms with Gasteiger partial charge in [0.2, 0.25) is 0 Å². The number of nitriles is 1. The second-order valence-electron chi connectivity index (χ2n) is 2.45. The van der Waals surface area contributed by atoms with Crippen molar-refractivity contribution in [1.29, 1.82) is 5.26 Å². The van der Waals surface area contributed by atoms with Crippen molar-refractivity contribution in [2.75, 3.05) is 0 Å². The van der Waals surface area contributed by atoms with E-state index in [9.17, 15) is 5.11 Å². The number of nitrogens with zero attached hydrogens (tertiary/aromatic N) is 1. The third-order valence-electron chi connectivity index (χ3n) is 1.57. The van der Waals surface area contributed by atoms with Gasteiger partial charge >= 0.3 is 0 Å². The molecule has 0 saturated heterocycles. The number of hydrogen-bond acceptors (Lipinski definition) is 2. The summed E-state index contributed by atoms with van der Waals surface area (Å²) in [4.78, 5) is 0. The van der Waals surface area contributed by atoms with Gasteiger partial charge < -0.3 is 5.11 Å². The van der Waals surface area contributed by atoms with Crippen LogP contribution in [0.4, 0.5) is 0 Å². The lowest BCUT2D eigenvalue weighted by atomic mass is 10.1. The summed E-state index contributed by atoms with van der Waals surface area (Å²) in [5.74, 6) is 0.0538. The molecule has 2 heteroatoms. The van der Waals surface area contributed by atoms with Crippen LogP contribution in [0.25, 0.3) is 5.76 Å². The van der Waals surface area contributed by atoms with E-state index in [1.54, 1.807) is 19.1 Å². The minimum absolute atomic E-state index is 0.0538. The Morgan fingerprint density at radius 1 is 1.33 bits per heavy atom. The zero-order chi connectivity index (χ0) is 8.97. The molecule has 0 unspecified atom stereocenters. The summed E-state index contributed by atoms with van der Waals surface area (Å²) in [5.41, 5.74) is 1.01. The lowest BCUT2D eigenvalue weighted by Crippen LogP contribution is -1.84. The first kappa shape index (κ1) is 8.35. The van der Waals surface area contributed by atoms with Gasteiger partial charge in [-0.25, -0.2) is 0 Å². The average Bonchev–Trinajstić information content (AvgIpc) is 2.17. The van der Waals surface area contributed by atoms with Crippen molar-refractivity contribution < 1.29 is 5.11 Å². The Balaban J connectivity index is 3.11. The highest BCUT2D eigenvalue weighted by Gasteiger charge is 2.00. The fourth-order valence-electron chi connectivity index (χ4n) is 0.865. The molecule has 0 radical (unpaired) electrons. The van der Waals surface area contributed by atoms with Gasteiger partial charge in [0.05, 0.1) is 11.6 Å². The van der Waals surface area contributed by atoms with Crippen molar-refractivity contribution in [2.45, 2.75) is 6.92 Å². The van der Waals surface area contributed by atoms with Gasteiger partial charge in [-0.15, -0.1) is 0 Å². The summed E-state index contributed by atoms with van der Waals surface area (Å²) >= 11 is 0. The Labute approximate surface area is 71.4 Å². The van der Waals surface area contributed by atoms with E-state index in [4.69, 9.17) is 5.26 Å². The highest BCUT2D eigenvalue weighted by Crippen LogP contribution is 2.13. The normalized spacial score (nSPS) is 11.7. The van der Waals surface area contributed by atoms with Gasteiger partial charge in [-0.1, -0.05) is 30.3 Å².